The Morgan fingerprint density at radius 3 is 2.23 bits per heavy atom. The van der Waals surface area contributed by atoms with Gasteiger partial charge in [-0.25, -0.2) is 12.8 Å². The third kappa shape index (κ3) is 7.50. The van der Waals surface area contributed by atoms with Crippen molar-refractivity contribution in [2.24, 2.45) is 0 Å². The minimum absolute atomic E-state index is 0.0121. The van der Waals surface area contributed by atoms with Gasteiger partial charge < -0.3 is 10.2 Å². The molecule has 2 atom stereocenters. The summed E-state index contributed by atoms with van der Waals surface area (Å²) in [5.74, 6) is -1.73. The van der Waals surface area contributed by atoms with Crippen LogP contribution in [0.1, 0.15) is 32.8 Å². The first-order chi connectivity index (χ1) is 18.4. The largest absolute Gasteiger partial charge is 0.352 e. The standard InChI is InChI=1S/C28H30Cl2FN3O4S/c1-4-19(2)32-28(36)20(3)33(17-21-10-8-9-13-25(21)31)27(35)18-34(26-15-14-22(29)16-24(26)30)39(37,38)23-11-6-5-7-12-23/h5-16,19-20H,4,17-18H2,1-3H3,(H,32,36)/t19-,20+/m1/s1. The molecule has 0 aliphatic carbocycles. The number of amides is 2. The van der Waals surface area contributed by atoms with Crippen LogP contribution in [0.2, 0.25) is 10.0 Å². The van der Waals surface area contributed by atoms with Crippen molar-refractivity contribution in [3.63, 3.8) is 0 Å². The fourth-order valence-corrected chi connectivity index (χ4v) is 5.79. The van der Waals surface area contributed by atoms with E-state index in [0.717, 1.165) is 9.21 Å². The van der Waals surface area contributed by atoms with Crippen molar-refractivity contribution in [1.29, 1.82) is 0 Å². The van der Waals surface area contributed by atoms with Crippen molar-refractivity contribution >= 4 is 50.7 Å². The van der Waals surface area contributed by atoms with Gasteiger partial charge in [0.1, 0.15) is 18.4 Å². The lowest BCUT2D eigenvalue weighted by Crippen LogP contribution is -2.52. The van der Waals surface area contributed by atoms with E-state index in [-0.39, 0.29) is 38.8 Å². The van der Waals surface area contributed by atoms with Gasteiger partial charge in [0, 0.05) is 23.2 Å². The minimum atomic E-state index is -4.28. The summed E-state index contributed by atoms with van der Waals surface area (Å²) >= 11 is 12.4. The molecule has 0 saturated carbocycles. The van der Waals surface area contributed by atoms with Crippen LogP contribution in [0.15, 0.2) is 77.7 Å². The van der Waals surface area contributed by atoms with Crippen LogP contribution in [0.25, 0.3) is 0 Å². The van der Waals surface area contributed by atoms with Crippen molar-refractivity contribution < 1.29 is 22.4 Å². The number of hydrogen-bond acceptors (Lipinski definition) is 4. The van der Waals surface area contributed by atoms with Crippen LogP contribution >= 0.6 is 23.2 Å². The molecular weight excluding hydrogens is 564 g/mol. The maximum absolute atomic E-state index is 14.6. The fourth-order valence-electron chi connectivity index (χ4n) is 3.77. The van der Waals surface area contributed by atoms with Crippen molar-refractivity contribution in [3.8, 4) is 0 Å². The van der Waals surface area contributed by atoms with E-state index in [2.05, 4.69) is 5.32 Å². The minimum Gasteiger partial charge on any atom is -0.352 e. The Bertz CT molecular complexity index is 1420. The summed E-state index contributed by atoms with van der Waals surface area (Å²) in [5.41, 5.74) is 0.205. The number of rotatable bonds is 11. The smallest absolute Gasteiger partial charge is 0.264 e. The molecule has 0 fully saturated rings. The monoisotopic (exact) mass is 593 g/mol. The highest BCUT2D eigenvalue weighted by atomic mass is 35.5. The van der Waals surface area contributed by atoms with Crippen LogP contribution in [0.4, 0.5) is 10.1 Å². The molecule has 0 bridgehead atoms. The van der Waals surface area contributed by atoms with Gasteiger partial charge in [0.15, 0.2) is 0 Å². The van der Waals surface area contributed by atoms with E-state index in [1.165, 1.54) is 55.5 Å². The van der Waals surface area contributed by atoms with E-state index in [9.17, 15) is 22.4 Å². The highest BCUT2D eigenvalue weighted by Gasteiger charge is 2.33. The summed E-state index contributed by atoms with van der Waals surface area (Å²) in [6, 6.07) is 16.5. The summed E-state index contributed by atoms with van der Waals surface area (Å²) < 4.78 is 43.0. The van der Waals surface area contributed by atoms with Gasteiger partial charge in [0.05, 0.1) is 15.6 Å². The predicted octanol–water partition coefficient (Wildman–Crippen LogP) is 5.66. The summed E-state index contributed by atoms with van der Waals surface area (Å²) in [6.45, 7) is 4.29. The first-order valence-electron chi connectivity index (χ1n) is 12.3. The molecule has 0 aromatic heterocycles. The molecule has 1 N–H and O–H groups in total. The summed E-state index contributed by atoms with van der Waals surface area (Å²) in [5, 5.41) is 3.12. The van der Waals surface area contributed by atoms with Gasteiger partial charge in [0.25, 0.3) is 10.0 Å². The van der Waals surface area contributed by atoms with Crippen LogP contribution in [0.3, 0.4) is 0 Å². The number of sulfonamides is 1. The zero-order valence-corrected chi connectivity index (χ0v) is 24.1. The van der Waals surface area contributed by atoms with Crippen LogP contribution in [-0.2, 0) is 26.2 Å². The molecule has 7 nitrogen and oxygen atoms in total. The Kier molecular flexibility index (Phi) is 10.4. The Balaban J connectivity index is 2.06. The molecule has 0 radical (unpaired) electrons. The summed E-state index contributed by atoms with van der Waals surface area (Å²) in [4.78, 5) is 28.0. The molecule has 0 spiro atoms. The fraction of sp³-hybridized carbons (Fsp3) is 0.286. The van der Waals surface area contributed by atoms with Crippen LogP contribution in [-0.4, -0.2) is 43.8 Å². The number of carbonyl (C=O) groups is 2. The number of benzene rings is 3. The number of carbonyl (C=O) groups excluding carboxylic acids is 2. The highest BCUT2D eigenvalue weighted by Crippen LogP contribution is 2.33. The highest BCUT2D eigenvalue weighted by molar-refractivity contribution is 7.92. The molecule has 3 aromatic carbocycles. The van der Waals surface area contributed by atoms with Crippen LogP contribution in [0.5, 0.6) is 0 Å². The SMILES string of the molecule is CC[C@@H](C)NC(=O)[C@H](C)N(Cc1ccccc1F)C(=O)CN(c1ccc(Cl)cc1Cl)S(=O)(=O)c1ccccc1. The van der Waals surface area contributed by atoms with Gasteiger partial charge in [-0.1, -0.05) is 66.5 Å². The first kappa shape index (κ1) is 30.4. The Morgan fingerprint density at radius 2 is 1.62 bits per heavy atom. The zero-order valence-electron chi connectivity index (χ0n) is 21.8. The van der Waals surface area contributed by atoms with E-state index in [1.807, 2.05) is 13.8 Å². The third-order valence-electron chi connectivity index (χ3n) is 6.26. The second-order valence-corrected chi connectivity index (χ2v) is 11.7. The molecule has 0 saturated heterocycles. The molecule has 11 heteroatoms. The third-order valence-corrected chi connectivity index (χ3v) is 8.57. The molecule has 208 valence electrons. The molecule has 0 aliphatic rings. The average molecular weight is 595 g/mol. The number of nitrogens with zero attached hydrogens (tertiary/aromatic N) is 2. The van der Waals surface area contributed by atoms with E-state index >= 15 is 0 Å². The first-order valence-corrected chi connectivity index (χ1v) is 14.5. The van der Waals surface area contributed by atoms with Gasteiger partial charge >= 0.3 is 0 Å². The van der Waals surface area contributed by atoms with Gasteiger partial charge in [-0.05, 0) is 56.7 Å². The molecule has 3 rings (SSSR count). The Labute approximate surface area is 238 Å². The molecule has 0 unspecified atom stereocenters. The molecule has 3 aromatic rings. The van der Waals surface area contributed by atoms with E-state index in [1.54, 1.807) is 24.3 Å². The average Bonchev–Trinajstić information content (AvgIpc) is 2.91. The van der Waals surface area contributed by atoms with E-state index in [4.69, 9.17) is 23.2 Å². The van der Waals surface area contributed by atoms with Crippen molar-refractivity contribution in [1.82, 2.24) is 10.2 Å². The van der Waals surface area contributed by atoms with E-state index in [0.29, 0.717) is 6.42 Å². The molecule has 0 heterocycles. The van der Waals surface area contributed by atoms with Gasteiger partial charge in [-0.3, -0.25) is 13.9 Å². The number of anilines is 1. The van der Waals surface area contributed by atoms with Crippen molar-refractivity contribution in [3.05, 3.63) is 94.2 Å². The zero-order chi connectivity index (χ0) is 28.7. The second kappa shape index (κ2) is 13.3. The Hall–Kier alpha value is -3.14. The van der Waals surface area contributed by atoms with Crippen LogP contribution < -0.4 is 9.62 Å². The van der Waals surface area contributed by atoms with Crippen molar-refractivity contribution in [2.75, 3.05) is 10.8 Å². The normalized spacial score (nSPS) is 12.9. The van der Waals surface area contributed by atoms with Gasteiger partial charge in [-0.2, -0.15) is 0 Å². The Morgan fingerprint density at radius 1 is 0.974 bits per heavy atom. The summed E-state index contributed by atoms with van der Waals surface area (Å²) in [7, 11) is -4.28. The van der Waals surface area contributed by atoms with Gasteiger partial charge in [0.2, 0.25) is 11.8 Å². The lowest BCUT2D eigenvalue weighted by atomic mass is 10.1. The number of hydrogen-bond donors (Lipinski definition) is 1. The van der Waals surface area contributed by atoms with Gasteiger partial charge in [-0.15, -0.1) is 0 Å². The molecule has 2 amide bonds. The lowest BCUT2D eigenvalue weighted by molar-refractivity contribution is -0.139. The van der Waals surface area contributed by atoms with Crippen molar-refractivity contribution in [2.45, 2.75) is 50.7 Å². The lowest BCUT2D eigenvalue weighted by Gasteiger charge is -2.32. The number of halogens is 3. The maximum atomic E-state index is 14.6. The quantitative estimate of drug-likeness (QED) is 0.311. The predicted molar refractivity (Wildman–Crippen MR) is 152 cm³/mol. The summed E-state index contributed by atoms with van der Waals surface area (Å²) in [6.07, 6.45) is 0.665. The maximum Gasteiger partial charge on any atom is 0.264 e. The molecular formula is C28H30Cl2FN3O4S. The van der Waals surface area contributed by atoms with E-state index < -0.39 is 40.2 Å². The number of nitrogens with one attached hydrogen (secondary N) is 1. The van der Waals surface area contributed by atoms with Crippen LogP contribution in [0, 0.1) is 5.82 Å². The topological polar surface area (TPSA) is 86.8 Å². The molecule has 39 heavy (non-hydrogen) atoms. The second-order valence-electron chi connectivity index (χ2n) is 9.03. The molecule has 0 aliphatic heterocycles.